The Hall–Kier alpha value is -1.18. The number of nitrogens with one attached hydrogen (secondary N) is 1. The quantitative estimate of drug-likeness (QED) is 0.847. The highest BCUT2D eigenvalue weighted by Crippen LogP contribution is 2.19. The van der Waals surface area contributed by atoms with Crippen LogP contribution in [0, 0.1) is 3.57 Å². The molecule has 0 aliphatic carbocycles. The summed E-state index contributed by atoms with van der Waals surface area (Å²) >= 11 is 2.03. The van der Waals surface area contributed by atoms with Crippen molar-refractivity contribution in [2.24, 2.45) is 7.05 Å². The van der Waals surface area contributed by atoms with Crippen molar-refractivity contribution in [3.05, 3.63) is 32.1 Å². The van der Waals surface area contributed by atoms with Gasteiger partial charge in [-0.3, -0.25) is 4.79 Å². The van der Waals surface area contributed by atoms with Crippen LogP contribution in [0.15, 0.2) is 17.3 Å². The van der Waals surface area contributed by atoms with E-state index >= 15 is 0 Å². The zero-order valence-electron chi connectivity index (χ0n) is 9.86. The number of halogens is 1. The molecule has 5 nitrogen and oxygen atoms in total. The molecule has 0 aliphatic heterocycles. The molecule has 0 aliphatic rings. The fraction of sp³-hybridized carbons (Fsp3) is 0.364. The molecule has 0 saturated carbocycles. The largest absolute Gasteiger partial charge is 0.331 e. The standard InChI is InChI=1S/C11H13IN4O/c1-6(2)9-8(12)11(17)15-10(14-9)7-4-13-5-16(7)3/h4-6H,1-3H3,(H,14,15,17). The second kappa shape index (κ2) is 4.59. The van der Waals surface area contributed by atoms with E-state index in [0.717, 1.165) is 11.4 Å². The minimum absolute atomic E-state index is 0.0968. The summed E-state index contributed by atoms with van der Waals surface area (Å²) in [5, 5.41) is 0. The molecule has 2 aromatic rings. The number of hydrogen-bond acceptors (Lipinski definition) is 3. The van der Waals surface area contributed by atoms with Crippen molar-refractivity contribution in [3.8, 4) is 11.5 Å². The summed E-state index contributed by atoms with van der Waals surface area (Å²) in [7, 11) is 1.87. The molecule has 0 unspecified atom stereocenters. The van der Waals surface area contributed by atoms with E-state index in [0.29, 0.717) is 9.39 Å². The predicted molar refractivity (Wildman–Crippen MR) is 73.9 cm³/mol. The predicted octanol–water partition coefficient (Wildman–Crippen LogP) is 1.90. The second-order valence-corrected chi connectivity index (χ2v) is 5.24. The molecule has 0 radical (unpaired) electrons. The monoisotopic (exact) mass is 344 g/mol. The Kier molecular flexibility index (Phi) is 3.32. The fourth-order valence-corrected chi connectivity index (χ4v) is 2.44. The molecule has 0 spiro atoms. The van der Waals surface area contributed by atoms with E-state index in [4.69, 9.17) is 0 Å². The van der Waals surface area contributed by atoms with E-state index in [1.54, 1.807) is 12.5 Å². The molecular weight excluding hydrogens is 331 g/mol. The van der Waals surface area contributed by atoms with Crippen LogP contribution in [0.2, 0.25) is 0 Å². The smallest absolute Gasteiger partial charge is 0.264 e. The molecule has 0 amide bonds. The van der Waals surface area contributed by atoms with E-state index in [-0.39, 0.29) is 11.5 Å². The lowest BCUT2D eigenvalue weighted by molar-refractivity contribution is 0.797. The highest BCUT2D eigenvalue weighted by molar-refractivity contribution is 14.1. The van der Waals surface area contributed by atoms with Crippen LogP contribution in [0.5, 0.6) is 0 Å². The molecule has 6 heteroatoms. The Labute approximate surface area is 112 Å². The number of aromatic nitrogens is 4. The molecule has 2 heterocycles. The first kappa shape index (κ1) is 12.3. The fourth-order valence-electron chi connectivity index (χ4n) is 1.57. The van der Waals surface area contributed by atoms with Crippen molar-refractivity contribution in [1.29, 1.82) is 0 Å². The molecule has 0 atom stereocenters. The molecule has 0 fully saturated rings. The summed E-state index contributed by atoms with van der Waals surface area (Å²) in [5.41, 5.74) is 1.53. The second-order valence-electron chi connectivity index (χ2n) is 4.16. The molecule has 90 valence electrons. The van der Waals surface area contributed by atoms with Crippen molar-refractivity contribution in [3.63, 3.8) is 0 Å². The van der Waals surface area contributed by atoms with Crippen molar-refractivity contribution >= 4 is 22.6 Å². The van der Waals surface area contributed by atoms with Gasteiger partial charge in [-0.05, 0) is 28.5 Å². The van der Waals surface area contributed by atoms with Gasteiger partial charge in [0.05, 0.1) is 21.8 Å². The van der Waals surface area contributed by atoms with Gasteiger partial charge in [-0.25, -0.2) is 9.97 Å². The van der Waals surface area contributed by atoms with Gasteiger partial charge in [0.25, 0.3) is 5.56 Å². The van der Waals surface area contributed by atoms with Crippen molar-refractivity contribution in [1.82, 2.24) is 19.5 Å². The van der Waals surface area contributed by atoms with E-state index in [1.165, 1.54) is 0 Å². The Morgan fingerprint density at radius 1 is 1.47 bits per heavy atom. The van der Waals surface area contributed by atoms with E-state index in [9.17, 15) is 4.79 Å². The van der Waals surface area contributed by atoms with Gasteiger partial charge < -0.3 is 9.55 Å². The zero-order valence-corrected chi connectivity index (χ0v) is 12.0. The van der Waals surface area contributed by atoms with Crippen LogP contribution in [0.3, 0.4) is 0 Å². The van der Waals surface area contributed by atoms with Gasteiger partial charge >= 0.3 is 0 Å². The highest BCUT2D eigenvalue weighted by atomic mass is 127. The van der Waals surface area contributed by atoms with Gasteiger partial charge in [-0.15, -0.1) is 0 Å². The lowest BCUT2D eigenvalue weighted by Gasteiger charge is -2.09. The average molecular weight is 344 g/mol. The lowest BCUT2D eigenvalue weighted by Crippen LogP contribution is -2.17. The average Bonchev–Trinajstić information content (AvgIpc) is 2.68. The van der Waals surface area contributed by atoms with Gasteiger partial charge in [-0.2, -0.15) is 0 Å². The summed E-state index contributed by atoms with van der Waals surface area (Å²) in [5.74, 6) is 0.787. The third-order valence-corrected chi connectivity index (χ3v) is 3.54. The van der Waals surface area contributed by atoms with Crippen LogP contribution in [-0.2, 0) is 7.05 Å². The molecule has 0 aromatic carbocycles. The normalized spacial score (nSPS) is 11.1. The molecule has 2 aromatic heterocycles. The molecule has 1 N–H and O–H groups in total. The molecule has 0 saturated heterocycles. The Balaban J connectivity index is 2.66. The highest BCUT2D eigenvalue weighted by Gasteiger charge is 2.14. The van der Waals surface area contributed by atoms with Crippen molar-refractivity contribution in [2.45, 2.75) is 19.8 Å². The Bertz CT molecular complexity index is 600. The zero-order chi connectivity index (χ0) is 12.6. The maximum atomic E-state index is 11.8. The number of nitrogens with zero attached hydrogens (tertiary/aromatic N) is 3. The SMILES string of the molecule is CC(C)c1nc(-c2cncn2C)[nH]c(=O)c1I. The van der Waals surface area contributed by atoms with E-state index in [1.807, 2.05) is 48.1 Å². The molecular formula is C11H13IN4O. The minimum Gasteiger partial charge on any atom is -0.331 e. The summed E-state index contributed by atoms with van der Waals surface area (Å²) in [6, 6.07) is 0. The van der Waals surface area contributed by atoms with Gasteiger partial charge in [-0.1, -0.05) is 13.8 Å². The minimum atomic E-state index is -0.0968. The summed E-state index contributed by atoms with van der Waals surface area (Å²) in [4.78, 5) is 23.2. The number of imidazole rings is 1. The maximum absolute atomic E-state index is 11.8. The topological polar surface area (TPSA) is 63.6 Å². The van der Waals surface area contributed by atoms with Gasteiger partial charge in [0.1, 0.15) is 5.69 Å². The van der Waals surface area contributed by atoms with Crippen molar-refractivity contribution in [2.75, 3.05) is 0 Å². The first-order valence-electron chi connectivity index (χ1n) is 5.27. The maximum Gasteiger partial charge on any atom is 0.264 e. The number of aromatic amines is 1. The first-order chi connectivity index (χ1) is 8.00. The Morgan fingerprint density at radius 2 is 2.18 bits per heavy atom. The van der Waals surface area contributed by atoms with Crippen LogP contribution in [-0.4, -0.2) is 19.5 Å². The summed E-state index contributed by atoms with van der Waals surface area (Å²) in [6.45, 7) is 4.05. The molecule has 17 heavy (non-hydrogen) atoms. The van der Waals surface area contributed by atoms with Crippen LogP contribution < -0.4 is 5.56 Å². The van der Waals surface area contributed by atoms with Gasteiger partial charge in [0, 0.05) is 7.05 Å². The number of aryl methyl sites for hydroxylation is 1. The van der Waals surface area contributed by atoms with Crippen LogP contribution in [0.25, 0.3) is 11.5 Å². The van der Waals surface area contributed by atoms with Crippen molar-refractivity contribution < 1.29 is 0 Å². The van der Waals surface area contributed by atoms with Crippen LogP contribution in [0.4, 0.5) is 0 Å². The number of hydrogen-bond donors (Lipinski definition) is 1. The Morgan fingerprint density at radius 3 is 2.71 bits per heavy atom. The molecule has 2 rings (SSSR count). The van der Waals surface area contributed by atoms with Crippen LogP contribution >= 0.6 is 22.6 Å². The van der Waals surface area contributed by atoms with Gasteiger partial charge in [0.15, 0.2) is 5.82 Å². The van der Waals surface area contributed by atoms with Gasteiger partial charge in [0.2, 0.25) is 0 Å². The number of H-pyrrole nitrogens is 1. The summed E-state index contributed by atoms with van der Waals surface area (Å²) < 4.78 is 2.48. The third-order valence-electron chi connectivity index (χ3n) is 2.49. The van der Waals surface area contributed by atoms with E-state index < -0.39 is 0 Å². The first-order valence-corrected chi connectivity index (χ1v) is 6.35. The number of rotatable bonds is 2. The van der Waals surface area contributed by atoms with Crippen LogP contribution in [0.1, 0.15) is 25.5 Å². The lowest BCUT2D eigenvalue weighted by atomic mass is 10.1. The van der Waals surface area contributed by atoms with E-state index in [2.05, 4.69) is 15.0 Å². The molecule has 0 bridgehead atoms. The third kappa shape index (κ3) is 2.26. The summed E-state index contributed by atoms with van der Waals surface area (Å²) in [6.07, 6.45) is 3.37.